The molecule has 0 unspecified atom stereocenters. The number of amides is 1. The number of aliphatic hydroxyl groups excluding tert-OH is 1. The molecule has 2 aliphatic heterocycles. The van der Waals surface area contributed by atoms with Gasteiger partial charge in [-0.3, -0.25) is 4.79 Å². The largest absolute Gasteiger partial charge is 0.490 e. The Kier molecular flexibility index (Phi) is 6.08. The van der Waals surface area contributed by atoms with Gasteiger partial charge in [-0.15, -0.1) is 0 Å². The first-order valence-electron chi connectivity index (χ1n) is 9.82. The zero-order valence-electron chi connectivity index (χ0n) is 16.6. The Morgan fingerprint density at radius 2 is 1.84 bits per heavy atom. The smallest absolute Gasteiger partial charge is 0.224 e. The van der Waals surface area contributed by atoms with E-state index in [1.807, 2.05) is 0 Å². The summed E-state index contributed by atoms with van der Waals surface area (Å²) in [6, 6.07) is 3.02. The number of hydrogen-bond acceptors (Lipinski definition) is 5. The van der Waals surface area contributed by atoms with Crippen molar-refractivity contribution in [2.24, 2.45) is 0 Å². The molecule has 0 radical (unpaired) electrons. The van der Waals surface area contributed by atoms with E-state index in [-0.39, 0.29) is 59.5 Å². The SMILES string of the molecule is O=C1CCc2c(OC[C@]3(O)CCN(c4c(F)cc(Br)cc4F)C[C@H]3O)cc(F)c(F)c2N1. The fourth-order valence-electron chi connectivity index (χ4n) is 3.96. The van der Waals surface area contributed by atoms with Crippen LogP contribution < -0.4 is 15.0 Å². The van der Waals surface area contributed by atoms with Gasteiger partial charge in [-0.1, -0.05) is 15.9 Å². The van der Waals surface area contributed by atoms with Crippen LogP contribution in [-0.2, 0) is 11.2 Å². The molecule has 0 aliphatic carbocycles. The van der Waals surface area contributed by atoms with Gasteiger partial charge in [0.25, 0.3) is 0 Å². The number of piperidine rings is 1. The van der Waals surface area contributed by atoms with Crippen LogP contribution in [0.4, 0.5) is 28.9 Å². The lowest BCUT2D eigenvalue weighted by molar-refractivity contribution is -0.116. The lowest BCUT2D eigenvalue weighted by Crippen LogP contribution is -2.58. The molecule has 0 saturated carbocycles. The van der Waals surface area contributed by atoms with Crippen molar-refractivity contribution < 1.29 is 37.3 Å². The molecule has 1 amide bonds. The lowest BCUT2D eigenvalue weighted by Gasteiger charge is -2.42. The van der Waals surface area contributed by atoms with Crippen molar-refractivity contribution in [1.29, 1.82) is 0 Å². The van der Waals surface area contributed by atoms with Gasteiger partial charge in [0.2, 0.25) is 5.91 Å². The molecule has 2 aromatic rings. The van der Waals surface area contributed by atoms with Crippen LogP contribution in [0, 0.1) is 23.3 Å². The van der Waals surface area contributed by atoms with E-state index in [0.717, 1.165) is 18.2 Å². The number of carbonyl (C=O) groups is 1. The van der Waals surface area contributed by atoms with Gasteiger partial charge in [0, 0.05) is 35.6 Å². The topological polar surface area (TPSA) is 82.0 Å². The summed E-state index contributed by atoms with van der Waals surface area (Å²) in [5.74, 6) is -4.59. The molecular weight excluding hydrogens is 500 g/mol. The molecule has 11 heteroatoms. The van der Waals surface area contributed by atoms with Crippen LogP contribution in [0.15, 0.2) is 22.7 Å². The summed E-state index contributed by atoms with van der Waals surface area (Å²) in [5.41, 5.74) is -2.17. The highest BCUT2D eigenvalue weighted by atomic mass is 79.9. The highest BCUT2D eigenvalue weighted by Crippen LogP contribution is 2.37. The van der Waals surface area contributed by atoms with Gasteiger partial charge < -0.3 is 25.2 Å². The number of benzene rings is 2. The normalized spacial score (nSPS) is 23.0. The maximum Gasteiger partial charge on any atom is 0.224 e. The third-order valence-electron chi connectivity index (χ3n) is 5.76. The minimum atomic E-state index is -1.80. The molecule has 0 aromatic heterocycles. The molecule has 4 rings (SSSR count). The highest BCUT2D eigenvalue weighted by molar-refractivity contribution is 9.10. The summed E-state index contributed by atoms with van der Waals surface area (Å²) in [7, 11) is 0. The van der Waals surface area contributed by atoms with Crippen molar-refractivity contribution in [2.75, 3.05) is 29.9 Å². The summed E-state index contributed by atoms with van der Waals surface area (Å²) in [5, 5.41) is 23.7. The van der Waals surface area contributed by atoms with E-state index in [4.69, 9.17) is 4.74 Å². The molecule has 172 valence electrons. The number of rotatable bonds is 4. The van der Waals surface area contributed by atoms with Crippen molar-refractivity contribution in [3.8, 4) is 5.75 Å². The van der Waals surface area contributed by atoms with Crippen molar-refractivity contribution in [2.45, 2.75) is 31.0 Å². The summed E-state index contributed by atoms with van der Waals surface area (Å²) in [6.45, 7) is -0.738. The molecule has 1 fully saturated rings. The van der Waals surface area contributed by atoms with Gasteiger partial charge in [-0.2, -0.15) is 0 Å². The van der Waals surface area contributed by atoms with Gasteiger partial charge in [0.05, 0.1) is 5.69 Å². The Morgan fingerprint density at radius 3 is 2.50 bits per heavy atom. The first kappa shape index (κ1) is 22.8. The Labute approximate surface area is 188 Å². The average molecular weight is 519 g/mol. The summed E-state index contributed by atoms with van der Waals surface area (Å²) in [4.78, 5) is 12.8. The molecule has 0 bridgehead atoms. The number of anilines is 2. The van der Waals surface area contributed by atoms with Gasteiger partial charge in [0.15, 0.2) is 23.3 Å². The van der Waals surface area contributed by atoms with Crippen molar-refractivity contribution in [3.63, 3.8) is 0 Å². The molecular formula is C21H19BrF4N2O4. The predicted molar refractivity (Wildman–Crippen MR) is 111 cm³/mol. The first-order valence-corrected chi connectivity index (χ1v) is 10.6. The standard InChI is InChI=1S/C21H19BrF4N2O4/c22-10-5-13(24)20(14(25)6-10)28-4-3-21(31,16(29)8-28)9-32-15-7-12(23)18(26)19-11(15)1-2-17(30)27-19/h5-7,16,29,31H,1-4,8-9H2,(H,27,30)/t16-,21-/m1/s1. The Bertz CT molecular complexity index is 1060. The molecule has 2 atom stereocenters. The summed E-state index contributed by atoms with van der Waals surface area (Å²) in [6.07, 6.45) is -1.38. The monoisotopic (exact) mass is 518 g/mol. The number of halogens is 5. The summed E-state index contributed by atoms with van der Waals surface area (Å²) >= 11 is 3.00. The third-order valence-corrected chi connectivity index (χ3v) is 6.21. The number of nitrogens with zero attached hydrogens (tertiary/aromatic N) is 1. The molecule has 0 spiro atoms. The van der Waals surface area contributed by atoms with Gasteiger partial charge >= 0.3 is 0 Å². The number of ether oxygens (including phenoxy) is 1. The van der Waals surface area contributed by atoms with Crippen molar-refractivity contribution in [3.05, 3.63) is 51.5 Å². The minimum Gasteiger partial charge on any atom is -0.490 e. The van der Waals surface area contributed by atoms with E-state index in [2.05, 4.69) is 21.2 Å². The molecule has 2 aliphatic rings. The van der Waals surface area contributed by atoms with Crippen LogP contribution >= 0.6 is 15.9 Å². The molecule has 32 heavy (non-hydrogen) atoms. The molecule has 2 heterocycles. The van der Waals surface area contributed by atoms with Crippen LogP contribution in [0.5, 0.6) is 5.75 Å². The molecule has 6 nitrogen and oxygen atoms in total. The van der Waals surface area contributed by atoms with E-state index < -0.39 is 47.5 Å². The third kappa shape index (κ3) is 4.16. The number of nitrogens with one attached hydrogen (secondary N) is 1. The number of carbonyl (C=O) groups excluding carboxylic acids is 1. The Hall–Kier alpha value is -2.37. The van der Waals surface area contributed by atoms with Gasteiger partial charge in [-0.05, 0) is 25.0 Å². The second kappa shape index (κ2) is 8.53. The second-order valence-electron chi connectivity index (χ2n) is 7.89. The van der Waals surface area contributed by atoms with E-state index in [1.165, 1.54) is 4.90 Å². The highest BCUT2D eigenvalue weighted by Gasteiger charge is 2.43. The van der Waals surface area contributed by atoms with E-state index in [1.54, 1.807) is 0 Å². The van der Waals surface area contributed by atoms with Crippen LogP contribution in [-0.4, -0.2) is 47.5 Å². The quantitative estimate of drug-likeness (QED) is 0.541. The Morgan fingerprint density at radius 1 is 1.16 bits per heavy atom. The predicted octanol–water partition coefficient (Wildman–Crippen LogP) is 3.27. The zero-order valence-corrected chi connectivity index (χ0v) is 18.2. The van der Waals surface area contributed by atoms with E-state index in [0.29, 0.717) is 0 Å². The zero-order chi connectivity index (χ0) is 23.2. The van der Waals surface area contributed by atoms with Crippen LogP contribution in [0.1, 0.15) is 18.4 Å². The average Bonchev–Trinajstić information content (AvgIpc) is 2.72. The molecule has 3 N–H and O–H groups in total. The van der Waals surface area contributed by atoms with Crippen LogP contribution in [0.3, 0.4) is 0 Å². The fourth-order valence-corrected chi connectivity index (χ4v) is 4.37. The van der Waals surface area contributed by atoms with Crippen molar-refractivity contribution >= 4 is 33.2 Å². The number of hydrogen-bond donors (Lipinski definition) is 3. The number of fused-ring (bicyclic) bond motifs is 1. The minimum absolute atomic E-state index is 0.0122. The first-order chi connectivity index (χ1) is 15.1. The number of β-amino-alcohol motifs (C(OH)–C–C–N with tert-alkyl or cyclic N) is 1. The Balaban J connectivity index is 1.51. The second-order valence-corrected chi connectivity index (χ2v) is 8.81. The molecule has 1 saturated heterocycles. The van der Waals surface area contributed by atoms with E-state index in [9.17, 15) is 32.6 Å². The van der Waals surface area contributed by atoms with Crippen molar-refractivity contribution in [1.82, 2.24) is 0 Å². The van der Waals surface area contributed by atoms with Gasteiger partial charge in [0.1, 0.15) is 29.7 Å². The fraction of sp³-hybridized carbons (Fsp3) is 0.381. The number of aliphatic hydroxyl groups is 2. The van der Waals surface area contributed by atoms with Gasteiger partial charge in [-0.25, -0.2) is 17.6 Å². The molecule has 2 aromatic carbocycles. The van der Waals surface area contributed by atoms with E-state index >= 15 is 0 Å². The maximum atomic E-state index is 14.3. The summed E-state index contributed by atoms with van der Waals surface area (Å²) < 4.78 is 62.3. The van der Waals surface area contributed by atoms with Crippen LogP contribution in [0.25, 0.3) is 0 Å². The maximum absolute atomic E-state index is 14.3. The lowest BCUT2D eigenvalue weighted by atomic mass is 9.89. The van der Waals surface area contributed by atoms with Crippen LogP contribution in [0.2, 0.25) is 0 Å².